The third-order valence-corrected chi connectivity index (χ3v) is 3.51. The molecule has 1 fully saturated rings. The number of benzene rings is 1. The van der Waals surface area contributed by atoms with Crippen molar-refractivity contribution in [1.82, 2.24) is 4.90 Å². The van der Waals surface area contributed by atoms with Gasteiger partial charge >= 0.3 is 0 Å². The van der Waals surface area contributed by atoms with Crippen LogP contribution in [0.15, 0.2) is 18.2 Å². The molecule has 1 aliphatic heterocycles. The summed E-state index contributed by atoms with van der Waals surface area (Å²) < 4.78 is 26.8. The van der Waals surface area contributed by atoms with Gasteiger partial charge in [0.25, 0.3) is 0 Å². The van der Waals surface area contributed by atoms with Crippen LogP contribution in [0.4, 0.5) is 14.5 Å². The van der Waals surface area contributed by atoms with Gasteiger partial charge in [0.1, 0.15) is 17.3 Å². The maximum absolute atomic E-state index is 13.4. The first-order valence-corrected chi connectivity index (χ1v) is 6.56. The third-order valence-electron chi connectivity index (χ3n) is 3.51. The highest BCUT2D eigenvalue weighted by molar-refractivity contribution is 5.92. The Morgan fingerprint density at radius 2 is 2.05 bits per heavy atom. The van der Waals surface area contributed by atoms with E-state index in [-0.39, 0.29) is 18.1 Å². The maximum atomic E-state index is 13.4. The highest BCUT2D eigenvalue weighted by Crippen LogP contribution is 2.19. The number of hydrogen-bond acceptors (Lipinski definition) is 2. The number of piperidine rings is 1. The number of carbonyl (C=O) groups is 1. The first-order valence-electron chi connectivity index (χ1n) is 6.56. The average Bonchev–Trinajstić information content (AvgIpc) is 2.37. The molecule has 0 spiro atoms. The number of halogens is 2. The molecule has 1 unspecified atom stereocenters. The van der Waals surface area contributed by atoms with Crippen LogP contribution >= 0.6 is 0 Å². The molecule has 1 heterocycles. The second-order valence-electron chi connectivity index (χ2n) is 4.96. The van der Waals surface area contributed by atoms with Gasteiger partial charge in [-0.2, -0.15) is 0 Å². The van der Waals surface area contributed by atoms with E-state index in [0.29, 0.717) is 6.04 Å². The molecule has 1 aromatic carbocycles. The number of likely N-dealkylation sites (tertiary alicyclic amines) is 1. The van der Waals surface area contributed by atoms with Crippen LogP contribution in [0.1, 0.15) is 26.2 Å². The standard InChI is InChI=1S/C14H18F2N2O/c1-10-5-2-3-8-18(10)9-13(19)17-14-11(15)6-4-7-12(14)16/h4,6-7,10H,2-3,5,8-9H2,1H3,(H,17,19). The molecule has 3 nitrogen and oxygen atoms in total. The Bertz CT molecular complexity index is 445. The van der Waals surface area contributed by atoms with Crippen molar-refractivity contribution in [2.75, 3.05) is 18.4 Å². The molecule has 19 heavy (non-hydrogen) atoms. The summed E-state index contributed by atoms with van der Waals surface area (Å²) >= 11 is 0. The Morgan fingerprint density at radius 1 is 1.37 bits per heavy atom. The largest absolute Gasteiger partial charge is 0.320 e. The summed E-state index contributed by atoms with van der Waals surface area (Å²) in [6.07, 6.45) is 3.29. The topological polar surface area (TPSA) is 32.3 Å². The van der Waals surface area contributed by atoms with Crippen LogP contribution < -0.4 is 5.32 Å². The van der Waals surface area contributed by atoms with E-state index in [0.717, 1.165) is 31.5 Å². The van der Waals surface area contributed by atoms with E-state index < -0.39 is 11.6 Å². The number of carbonyl (C=O) groups excluding carboxylic acids is 1. The molecule has 5 heteroatoms. The van der Waals surface area contributed by atoms with Crippen LogP contribution in [-0.2, 0) is 4.79 Å². The minimum Gasteiger partial charge on any atom is -0.320 e. The van der Waals surface area contributed by atoms with Crippen LogP contribution in [0, 0.1) is 11.6 Å². The average molecular weight is 268 g/mol. The number of rotatable bonds is 3. The lowest BCUT2D eigenvalue weighted by molar-refractivity contribution is -0.118. The molecular formula is C14H18F2N2O. The van der Waals surface area contributed by atoms with Crippen LogP contribution in [0.5, 0.6) is 0 Å². The molecule has 0 aromatic heterocycles. The Morgan fingerprint density at radius 3 is 2.68 bits per heavy atom. The predicted molar refractivity (Wildman–Crippen MR) is 69.9 cm³/mol. The van der Waals surface area contributed by atoms with Crippen molar-refractivity contribution in [3.63, 3.8) is 0 Å². The lowest BCUT2D eigenvalue weighted by atomic mass is 10.0. The van der Waals surface area contributed by atoms with Crippen molar-refractivity contribution < 1.29 is 13.6 Å². The zero-order chi connectivity index (χ0) is 13.8. The molecule has 0 aliphatic carbocycles. The van der Waals surface area contributed by atoms with E-state index in [1.807, 2.05) is 4.90 Å². The second-order valence-corrected chi connectivity index (χ2v) is 4.96. The lowest BCUT2D eigenvalue weighted by Gasteiger charge is -2.32. The number of amides is 1. The molecular weight excluding hydrogens is 250 g/mol. The Hall–Kier alpha value is -1.49. The normalized spacial score (nSPS) is 20.3. The highest BCUT2D eigenvalue weighted by Gasteiger charge is 2.21. The summed E-state index contributed by atoms with van der Waals surface area (Å²) in [7, 11) is 0. The molecule has 1 atom stereocenters. The van der Waals surface area contributed by atoms with Crippen LogP contribution in [0.25, 0.3) is 0 Å². The van der Waals surface area contributed by atoms with Crippen molar-refractivity contribution in [2.45, 2.75) is 32.2 Å². The highest BCUT2D eigenvalue weighted by atomic mass is 19.1. The van der Waals surface area contributed by atoms with E-state index in [1.54, 1.807) is 0 Å². The maximum Gasteiger partial charge on any atom is 0.238 e. The first kappa shape index (κ1) is 13.9. The summed E-state index contributed by atoms with van der Waals surface area (Å²) in [6.45, 7) is 3.10. The zero-order valence-corrected chi connectivity index (χ0v) is 11.0. The van der Waals surface area contributed by atoms with Crippen LogP contribution in [0.3, 0.4) is 0 Å². The van der Waals surface area contributed by atoms with Crippen molar-refractivity contribution in [3.05, 3.63) is 29.8 Å². The van der Waals surface area contributed by atoms with Crippen LogP contribution in [-0.4, -0.2) is 29.9 Å². The number of nitrogens with one attached hydrogen (secondary N) is 1. The van der Waals surface area contributed by atoms with Crippen molar-refractivity contribution >= 4 is 11.6 Å². The second kappa shape index (κ2) is 6.10. The Balaban J connectivity index is 1.97. The SMILES string of the molecule is CC1CCCCN1CC(=O)Nc1c(F)cccc1F. The smallest absolute Gasteiger partial charge is 0.238 e. The van der Waals surface area contributed by atoms with Crippen molar-refractivity contribution in [3.8, 4) is 0 Å². The third kappa shape index (κ3) is 3.50. The summed E-state index contributed by atoms with van der Waals surface area (Å²) in [6, 6.07) is 3.86. The number of anilines is 1. The van der Waals surface area contributed by atoms with E-state index in [9.17, 15) is 13.6 Å². The number of hydrogen-bond donors (Lipinski definition) is 1. The van der Waals surface area contributed by atoms with Gasteiger partial charge in [0.05, 0.1) is 6.54 Å². The molecule has 2 rings (SSSR count). The van der Waals surface area contributed by atoms with Gasteiger partial charge in [-0.3, -0.25) is 9.69 Å². The Kier molecular flexibility index (Phi) is 4.47. The molecule has 1 saturated heterocycles. The minimum atomic E-state index is -0.750. The lowest BCUT2D eigenvalue weighted by Crippen LogP contribution is -2.42. The molecule has 0 saturated carbocycles. The molecule has 104 valence electrons. The van der Waals surface area contributed by atoms with E-state index in [2.05, 4.69) is 12.2 Å². The minimum absolute atomic E-state index is 0.176. The van der Waals surface area contributed by atoms with Gasteiger partial charge in [-0.05, 0) is 38.4 Å². The van der Waals surface area contributed by atoms with Crippen molar-refractivity contribution in [2.24, 2.45) is 0 Å². The van der Waals surface area contributed by atoms with Gasteiger partial charge in [0.2, 0.25) is 5.91 Å². The molecule has 1 N–H and O–H groups in total. The Labute approximate surface area is 111 Å². The fourth-order valence-electron chi connectivity index (χ4n) is 2.37. The van der Waals surface area contributed by atoms with Gasteiger partial charge in [-0.25, -0.2) is 8.78 Å². The van der Waals surface area contributed by atoms with E-state index in [4.69, 9.17) is 0 Å². The number of para-hydroxylation sites is 1. The fraction of sp³-hybridized carbons (Fsp3) is 0.500. The van der Waals surface area contributed by atoms with E-state index >= 15 is 0 Å². The van der Waals surface area contributed by atoms with Gasteiger partial charge < -0.3 is 5.32 Å². The predicted octanol–water partition coefficient (Wildman–Crippen LogP) is 2.78. The van der Waals surface area contributed by atoms with Gasteiger partial charge in [-0.15, -0.1) is 0 Å². The van der Waals surface area contributed by atoms with E-state index in [1.165, 1.54) is 12.5 Å². The van der Waals surface area contributed by atoms with Gasteiger partial charge in [0.15, 0.2) is 0 Å². The molecule has 1 aromatic rings. The summed E-state index contributed by atoms with van der Waals surface area (Å²) in [5, 5.41) is 2.32. The van der Waals surface area contributed by atoms with Gasteiger partial charge in [0, 0.05) is 6.04 Å². The van der Waals surface area contributed by atoms with Crippen LogP contribution in [0.2, 0.25) is 0 Å². The monoisotopic (exact) mass is 268 g/mol. The first-order chi connectivity index (χ1) is 9.08. The molecule has 1 amide bonds. The molecule has 1 aliphatic rings. The summed E-state index contributed by atoms with van der Waals surface area (Å²) in [5.41, 5.74) is -0.364. The summed E-state index contributed by atoms with van der Waals surface area (Å²) in [5.74, 6) is -1.88. The molecule has 0 radical (unpaired) electrons. The molecule has 0 bridgehead atoms. The zero-order valence-electron chi connectivity index (χ0n) is 11.0. The summed E-state index contributed by atoms with van der Waals surface area (Å²) in [4.78, 5) is 13.9. The van der Waals surface area contributed by atoms with Crippen molar-refractivity contribution in [1.29, 1.82) is 0 Å². The van der Waals surface area contributed by atoms with Gasteiger partial charge in [-0.1, -0.05) is 12.5 Å². The fourth-order valence-corrected chi connectivity index (χ4v) is 2.37. The number of nitrogens with zero attached hydrogens (tertiary/aromatic N) is 1. The quantitative estimate of drug-likeness (QED) is 0.914.